The molecule has 2 bridgehead atoms. The summed E-state index contributed by atoms with van der Waals surface area (Å²) in [4.78, 5) is 12.6. The Bertz CT molecular complexity index is 1020. The van der Waals surface area contributed by atoms with Crippen molar-refractivity contribution in [1.82, 2.24) is 15.5 Å². The number of nitrogens with zero attached hydrogens (tertiary/aromatic N) is 2. The average Bonchev–Trinajstić information content (AvgIpc) is 3.13. The van der Waals surface area contributed by atoms with Gasteiger partial charge >= 0.3 is 6.36 Å². The van der Waals surface area contributed by atoms with E-state index in [1.165, 1.54) is 0 Å². The lowest BCUT2D eigenvalue weighted by molar-refractivity contribution is -0.352. The summed E-state index contributed by atoms with van der Waals surface area (Å²) in [7, 11) is 0. The first-order valence-electron chi connectivity index (χ1n) is 10.5. The fraction of sp³-hybridized carbons (Fsp3) is 0.571. The van der Waals surface area contributed by atoms with Gasteiger partial charge in [-0.2, -0.15) is 0 Å². The number of rotatable bonds is 8. The lowest BCUT2D eigenvalue weighted by Crippen LogP contribution is -2.77. The lowest BCUT2D eigenvalue weighted by Gasteiger charge is -2.68. The normalized spacial score (nSPS) is 31.1. The van der Waals surface area contributed by atoms with Crippen molar-refractivity contribution in [2.24, 2.45) is 0 Å². The van der Waals surface area contributed by atoms with E-state index >= 15 is 0 Å². The molecule has 0 spiro atoms. The molecular weight excluding hydrogens is 467 g/mol. The number of aromatic nitrogens is 2. The van der Waals surface area contributed by atoms with Crippen LogP contribution in [0.1, 0.15) is 49.8 Å². The van der Waals surface area contributed by atoms with Crippen LogP contribution in [0.25, 0.3) is 0 Å². The maximum absolute atomic E-state index is 12.6. The summed E-state index contributed by atoms with van der Waals surface area (Å²) in [6, 6.07) is 6.47. The first kappa shape index (κ1) is 22.4. The second-order valence-corrected chi connectivity index (χ2v) is 9.56. The summed E-state index contributed by atoms with van der Waals surface area (Å²) >= 11 is 5.84. The van der Waals surface area contributed by atoms with Crippen LogP contribution >= 0.6 is 11.6 Å². The van der Waals surface area contributed by atoms with E-state index in [2.05, 4.69) is 20.3 Å². The number of benzene rings is 1. The molecule has 1 heterocycles. The van der Waals surface area contributed by atoms with Crippen molar-refractivity contribution in [3.63, 3.8) is 0 Å². The number of nitrogens with one attached hydrogen (secondary N) is 1. The highest BCUT2D eigenvalue weighted by molar-refractivity contribution is 6.30. The van der Waals surface area contributed by atoms with Crippen LogP contribution in [0.15, 0.2) is 28.7 Å². The van der Waals surface area contributed by atoms with Crippen LogP contribution < -0.4 is 10.1 Å². The van der Waals surface area contributed by atoms with Gasteiger partial charge in [-0.25, -0.2) is 0 Å². The molecule has 12 heteroatoms. The average molecular weight is 488 g/mol. The Morgan fingerprint density at radius 2 is 1.91 bits per heavy atom. The molecule has 1 unspecified atom stereocenters. The zero-order valence-corrected chi connectivity index (χ0v) is 18.0. The van der Waals surface area contributed by atoms with Gasteiger partial charge in [-0.05, 0) is 56.4 Å². The molecule has 6 rings (SSSR count). The number of alkyl halides is 3. The second kappa shape index (κ2) is 7.85. The highest BCUT2D eigenvalue weighted by Crippen LogP contribution is 2.67. The third kappa shape index (κ3) is 4.29. The lowest BCUT2D eigenvalue weighted by atomic mass is 9.39. The Balaban J connectivity index is 1.12. The van der Waals surface area contributed by atoms with E-state index < -0.39 is 36.6 Å². The van der Waals surface area contributed by atoms with Crippen LogP contribution in [-0.4, -0.2) is 51.9 Å². The van der Waals surface area contributed by atoms with E-state index in [0.717, 1.165) is 0 Å². The second-order valence-electron chi connectivity index (χ2n) is 9.12. The molecule has 0 radical (unpaired) electrons. The first-order valence-corrected chi connectivity index (χ1v) is 10.9. The van der Waals surface area contributed by atoms with Crippen LogP contribution in [0.2, 0.25) is 5.02 Å². The van der Waals surface area contributed by atoms with E-state index in [1.54, 1.807) is 24.3 Å². The number of ether oxygens (including phenoxy) is 2. The number of amides is 1. The number of carbonyl (C=O) groups excluding carboxylic acids is 1. The fourth-order valence-corrected chi connectivity index (χ4v) is 5.13. The molecular formula is C21H21ClF3N3O5. The van der Waals surface area contributed by atoms with Gasteiger partial charge in [0.15, 0.2) is 6.10 Å². The van der Waals surface area contributed by atoms with E-state index in [0.29, 0.717) is 41.8 Å². The monoisotopic (exact) mass is 487 g/mol. The summed E-state index contributed by atoms with van der Waals surface area (Å²) in [6.07, 6.45) is -4.39. The van der Waals surface area contributed by atoms with Crippen LogP contribution in [0, 0.1) is 0 Å². The maximum atomic E-state index is 12.6. The Morgan fingerprint density at radius 3 is 2.52 bits per heavy atom. The molecule has 4 aliphatic rings. The third-order valence-electron chi connectivity index (χ3n) is 6.61. The smallest absolute Gasteiger partial charge is 0.478 e. The SMILES string of the molecule is O=C(NC12CC(c3nnc(C4CC(OC(F)(F)F)C4)o3)(C1)C2)C(CO)Oc1ccc(Cl)cc1. The molecule has 0 saturated heterocycles. The van der Waals surface area contributed by atoms with E-state index in [9.17, 15) is 23.1 Å². The van der Waals surface area contributed by atoms with Crippen molar-refractivity contribution in [2.45, 2.75) is 67.5 Å². The standard InChI is InChI=1S/C21H21ClF3N3O5/c22-12-1-3-13(4-2-12)31-15(7-29)16(30)26-20-8-19(9-20,10-20)18-28-27-17(32-18)11-5-14(6-11)33-21(23,24)25/h1-4,11,14-15,29H,5-10H2,(H,26,30). The summed E-state index contributed by atoms with van der Waals surface area (Å²) in [5, 5.41) is 21.2. The molecule has 2 N–H and O–H groups in total. The molecule has 1 atom stereocenters. The van der Waals surface area contributed by atoms with Crippen LogP contribution in [0.4, 0.5) is 13.2 Å². The first-order chi connectivity index (χ1) is 15.6. The number of aliphatic hydroxyl groups excluding tert-OH is 1. The van der Waals surface area contributed by atoms with Gasteiger partial charge in [-0.3, -0.25) is 9.53 Å². The van der Waals surface area contributed by atoms with Gasteiger partial charge in [0.25, 0.3) is 5.91 Å². The highest BCUT2D eigenvalue weighted by atomic mass is 35.5. The molecule has 33 heavy (non-hydrogen) atoms. The Morgan fingerprint density at radius 1 is 1.24 bits per heavy atom. The van der Waals surface area contributed by atoms with Gasteiger partial charge in [-0.15, -0.1) is 23.4 Å². The highest BCUT2D eigenvalue weighted by Gasteiger charge is 2.72. The minimum Gasteiger partial charge on any atom is -0.478 e. The Labute approximate surface area is 191 Å². The molecule has 4 saturated carbocycles. The Hall–Kier alpha value is -2.37. The number of hydrogen-bond donors (Lipinski definition) is 2. The molecule has 1 aromatic heterocycles. The van der Waals surface area contributed by atoms with Gasteiger partial charge in [-0.1, -0.05) is 11.6 Å². The van der Waals surface area contributed by atoms with Crippen molar-refractivity contribution in [1.29, 1.82) is 0 Å². The summed E-state index contributed by atoms with van der Waals surface area (Å²) in [5.74, 6) is 0.531. The summed E-state index contributed by atoms with van der Waals surface area (Å²) in [6.45, 7) is -0.483. The van der Waals surface area contributed by atoms with Crippen molar-refractivity contribution in [3.8, 4) is 5.75 Å². The van der Waals surface area contributed by atoms with Crippen LogP contribution in [0.5, 0.6) is 5.75 Å². The fourth-order valence-electron chi connectivity index (χ4n) is 5.01. The zero-order valence-electron chi connectivity index (χ0n) is 17.3. The molecule has 8 nitrogen and oxygen atoms in total. The quantitative estimate of drug-likeness (QED) is 0.588. The topological polar surface area (TPSA) is 107 Å². The summed E-state index contributed by atoms with van der Waals surface area (Å²) < 4.78 is 52.1. The Kier molecular flexibility index (Phi) is 5.33. The zero-order chi connectivity index (χ0) is 23.4. The van der Waals surface area contributed by atoms with Gasteiger partial charge < -0.3 is 19.6 Å². The van der Waals surface area contributed by atoms with Crippen LogP contribution in [-0.2, 0) is 14.9 Å². The number of carbonyl (C=O) groups is 1. The number of aliphatic hydroxyl groups is 1. The van der Waals surface area contributed by atoms with E-state index in [-0.39, 0.29) is 24.2 Å². The third-order valence-corrected chi connectivity index (χ3v) is 6.86. The van der Waals surface area contributed by atoms with Crippen LogP contribution in [0.3, 0.4) is 0 Å². The molecule has 1 amide bonds. The molecule has 1 aromatic carbocycles. The van der Waals surface area contributed by atoms with Gasteiger partial charge in [0, 0.05) is 16.5 Å². The number of halogens is 4. The van der Waals surface area contributed by atoms with Crippen molar-refractivity contribution in [2.75, 3.05) is 6.61 Å². The minimum absolute atomic E-state index is 0.185. The predicted octanol–water partition coefficient (Wildman–Crippen LogP) is 3.24. The largest absolute Gasteiger partial charge is 0.522 e. The van der Waals surface area contributed by atoms with E-state index in [1.807, 2.05) is 0 Å². The molecule has 178 valence electrons. The molecule has 4 fully saturated rings. The van der Waals surface area contributed by atoms with Gasteiger partial charge in [0.05, 0.1) is 18.1 Å². The molecule has 2 aromatic rings. The van der Waals surface area contributed by atoms with Gasteiger partial charge in [0.2, 0.25) is 11.8 Å². The minimum atomic E-state index is -4.64. The van der Waals surface area contributed by atoms with Gasteiger partial charge in [0.1, 0.15) is 5.75 Å². The number of hydrogen-bond acceptors (Lipinski definition) is 7. The maximum Gasteiger partial charge on any atom is 0.522 e. The summed E-state index contributed by atoms with van der Waals surface area (Å²) in [5.41, 5.74) is -0.736. The van der Waals surface area contributed by atoms with Crippen molar-refractivity contribution in [3.05, 3.63) is 41.1 Å². The predicted molar refractivity (Wildman–Crippen MR) is 107 cm³/mol. The molecule has 4 aliphatic carbocycles. The van der Waals surface area contributed by atoms with Crippen molar-refractivity contribution < 1.29 is 37.0 Å². The van der Waals surface area contributed by atoms with E-state index in [4.69, 9.17) is 20.8 Å². The van der Waals surface area contributed by atoms with Crippen molar-refractivity contribution >= 4 is 17.5 Å². The molecule has 0 aliphatic heterocycles.